The number of nitrogens with zero attached hydrogens (tertiary/aromatic N) is 7. The summed E-state index contributed by atoms with van der Waals surface area (Å²) in [6, 6.07) is 34.1. The van der Waals surface area contributed by atoms with Gasteiger partial charge in [-0.2, -0.15) is 36.5 Å². The molecule has 0 radical (unpaired) electrons. The van der Waals surface area contributed by atoms with Gasteiger partial charge in [0, 0.05) is 61.8 Å². The SMILES string of the molecule is CN(C)c1ccc(-c2cc(-c3ccc(C(F)(F)F)cc3)nn2-c2cccc(-n3nc(-c4ccc(C(F)(F)F)cc4)cc3-c3ccc(N(C)C)cc3)n2)cc1. The molecule has 0 amide bonds. The Labute approximate surface area is 307 Å². The van der Waals surface area contributed by atoms with E-state index in [2.05, 4.69) is 0 Å². The molecule has 0 saturated heterocycles. The number of aromatic nitrogens is 5. The maximum atomic E-state index is 13.4. The molecule has 0 atom stereocenters. The Morgan fingerprint density at radius 2 is 0.778 bits per heavy atom. The zero-order chi connectivity index (χ0) is 38.4. The maximum absolute atomic E-state index is 13.4. The van der Waals surface area contributed by atoms with E-state index in [4.69, 9.17) is 15.2 Å². The molecule has 3 aromatic heterocycles. The van der Waals surface area contributed by atoms with Crippen molar-refractivity contribution in [2.24, 2.45) is 0 Å². The monoisotopic (exact) mass is 737 g/mol. The number of anilines is 2. The molecule has 0 aliphatic carbocycles. The van der Waals surface area contributed by atoms with Gasteiger partial charge in [-0.3, -0.25) is 0 Å². The van der Waals surface area contributed by atoms with Crippen molar-refractivity contribution >= 4 is 11.4 Å². The van der Waals surface area contributed by atoms with Crippen LogP contribution in [0.3, 0.4) is 0 Å². The van der Waals surface area contributed by atoms with Gasteiger partial charge in [-0.25, -0.2) is 14.3 Å². The molecule has 0 unspecified atom stereocenters. The van der Waals surface area contributed by atoms with Crippen LogP contribution in [0.15, 0.2) is 127 Å². The second-order valence-corrected chi connectivity index (χ2v) is 13.0. The molecule has 0 bridgehead atoms. The fourth-order valence-electron chi connectivity index (χ4n) is 5.97. The highest BCUT2D eigenvalue weighted by Gasteiger charge is 2.31. The number of alkyl halides is 6. The minimum Gasteiger partial charge on any atom is -0.378 e. The summed E-state index contributed by atoms with van der Waals surface area (Å²) in [5, 5.41) is 9.67. The van der Waals surface area contributed by atoms with Gasteiger partial charge in [0.15, 0.2) is 11.6 Å². The molecule has 4 aromatic carbocycles. The fourth-order valence-corrected chi connectivity index (χ4v) is 5.97. The van der Waals surface area contributed by atoms with Gasteiger partial charge in [0.05, 0.1) is 33.9 Å². The number of pyridine rings is 1. The van der Waals surface area contributed by atoms with E-state index in [-0.39, 0.29) is 0 Å². The van der Waals surface area contributed by atoms with Gasteiger partial charge in [-0.05, 0) is 72.8 Å². The van der Waals surface area contributed by atoms with E-state index in [0.717, 1.165) is 46.8 Å². The molecular weight excluding hydrogens is 704 g/mol. The molecule has 7 aromatic rings. The number of halogens is 6. The van der Waals surface area contributed by atoms with Crippen LogP contribution in [0, 0.1) is 0 Å². The Morgan fingerprint density at radius 3 is 1.09 bits per heavy atom. The van der Waals surface area contributed by atoms with E-state index >= 15 is 0 Å². The van der Waals surface area contributed by atoms with Crippen molar-refractivity contribution in [2.45, 2.75) is 12.4 Å². The number of benzene rings is 4. The largest absolute Gasteiger partial charge is 0.416 e. The zero-order valence-electron chi connectivity index (χ0n) is 29.5. The molecule has 7 nitrogen and oxygen atoms in total. The van der Waals surface area contributed by atoms with Crippen LogP contribution in [0.2, 0.25) is 0 Å². The van der Waals surface area contributed by atoms with Crippen molar-refractivity contribution in [2.75, 3.05) is 38.0 Å². The lowest BCUT2D eigenvalue weighted by Crippen LogP contribution is -2.09. The first kappa shape index (κ1) is 36.0. The van der Waals surface area contributed by atoms with E-state index in [1.165, 1.54) is 24.3 Å². The molecule has 0 aliphatic heterocycles. The topological polar surface area (TPSA) is 55.0 Å². The highest BCUT2D eigenvalue weighted by Crippen LogP contribution is 2.35. The second kappa shape index (κ2) is 13.9. The number of rotatable bonds is 8. The van der Waals surface area contributed by atoms with Gasteiger partial charge < -0.3 is 9.80 Å². The maximum Gasteiger partial charge on any atom is 0.416 e. The standard InChI is InChI=1S/C41H33F6N7/c1-51(2)32-20-12-28(13-21-32)36-24-34(26-8-16-30(17-9-26)40(42,43)44)49-53(36)38-6-5-7-39(48-38)54-37(29-14-22-33(23-15-29)52(3)4)25-35(50-54)27-10-18-31(19-11-27)41(45,46)47/h5-25H,1-4H3. The molecule has 0 fully saturated rings. The number of hydrogen-bond acceptors (Lipinski definition) is 5. The van der Waals surface area contributed by atoms with Gasteiger partial charge in [0.25, 0.3) is 0 Å². The van der Waals surface area contributed by atoms with E-state index in [1.807, 2.05) is 86.5 Å². The third-order valence-electron chi connectivity index (χ3n) is 8.95. The normalized spacial score (nSPS) is 11.9. The van der Waals surface area contributed by atoms with Crippen LogP contribution in [0.1, 0.15) is 11.1 Å². The molecule has 7 rings (SSSR count). The Kier molecular flexibility index (Phi) is 9.26. The van der Waals surface area contributed by atoms with Gasteiger partial charge in [0.2, 0.25) is 0 Å². The summed E-state index contributed by atoms with van der Waals surface area (Å²) in [6.07, 6.45) is -8.96. The molecule has 0 saturated carbocycles. The molecule has 0 N–H and O–H groups in total. The van der Waals surface area contributed by atoms with Crippen LogP contribution in [0.4, 0.5) is 37.7 Å². The van der Waals surface area contributed by atoms with E-state index in [1.54, 1.807) is 39.7 Å². The first-order valence-electron chi connectivity index (χ1n) is 16.7. The van der Waals surface area contributed by atoms with E-state index in [9.17, 15) is 26.3 Å². The van der Waals surface area contributed by atoms with Crippen LogP contribution in [-0.2, 0) is 12.4 Å². The second-order valence-electron chi connectivity index (χ2n) is 13.0. The lowest BCUT2D eigenvalue weighted by Gasteiger charge is -2.14. The quantitative estimate of drug-likeness (QED) is 0.145. The lowest BCUT2D eigenvalue weighted by molar-refractivity contribution is -0.138. The minimum atomic E-state index is -4.48. The summed E-state index contributed by atoms with van der Waals surface area (Å²) in [5.41, 5.74) is 5.15. The third kappa shape index (κ3) is 7.29. The molecule has 3 heterocycles. The van der Waals surface area contributed by atoms with Crippen LogP contribution in [0.5, 0.6) is 0 Å². The van der Waals surface area contributed by atoms with Gasteiger partial charge in [-0.15, -0.1) is 0 Å². The van der Waals surface area contributed by atoms with Crippen molar-refractivity contribution in [1.82, 2.24) is 24.5 Å². The van der Waals surface area contributed by atoms with Crippen LogP contribution in [0.25, 0.3) is 56.7 Å². The van der Waals surface area contributed by atoms with E-state index < -0.39 is 23.5 Å². The highest BCUT2D eigenvalue weighted by molar-refractivity contribution is 5.73. The predicted molar refractivity (Wildman–Crippen MR) is 199 cm³/mol. The minimum absolute atomic E-state index is 0.401. The first-order valence-corrected chi connectivity index (χ1v) is 16.7. The predicted octanol–water partition coefficient (Wildman–Crippen LogP) is 10.3. The van der Waals surface area contributed by atoms with Crippen LogP contribution in [-0.4, -0.2) is 52.7 Å². The summed E-state index contributed by atoms with van der Waals surface area (Å²) >= 11 is 0. The van der Waals surface area contributed by atoms with Crippen molar-refractivity contribution < 1.29 is 26.3 Å². The van der Waals surface area contributed by atoms with Gasteiger partial charge in [-0.1, -0.05) is 54.6 Å². The Balaban J connectivity index is 1.36. The number of hydrogen-bond donors (Lipinski definition) is 0. The zero-order valence-corrected chi connectivity index (χ0v) is 29.5. The van der Waals surface area contributed by atoms with Crippen LogP contribution < -0.4 is 9.80 Å². The highest BCUT2D eigenvalue weighted by atomic mass is 19.4. The fraction of sp³-hybridized carbons (Fsp3) is 0.146. The summed E-state index contributed by atoms with van der Waals surface area (Å²) in [5.74, 6) is 0.802. The van der Waals surface area contributed by atoms with Gasteiger partial charge >= 0.3 is 12.4 Å². The smallest absolute Gasteiger partial charge is 0.378 e. The lowest BCUT2D eigenvalue weighted by atomic mass is 10.1. The van der Waals surface area contributed by atoms with Crippen molar-refractivity contribution in [3.05, 3.63) is 139 Å². The summed E-state index contributed by atoms with van der Waals surface area (Å²) in [7, 11) is 7.72. The first-order chi connectivity index (χ1) is 25.7. The average Bonchev–Trinajstić information content (AvgIpc) is 3.81. The molecule has 54 heavy (non-hydrogen) atoms. The molecule has 274 valence electrons. The molecule has 13 heteroatoms. The third-order valence-corrected chi connectivity index (χ3v) is 8.95. The summed E-state index contributed by atoms with van der Waals surface area (Å²) in [6.45, 7) is 0. The molecular formula is C41H33F6N7. The van der Waals surface area contributed by atoms with Gasteiger partial charge in [0.1, 0.15) is 0 Å². The Hall–Kier alpha value is -6.37. The summed E-state index contributed by atoms with van der Waals surface area (Å²) in [4.78, 5) is 8.90. The average molecular weight is 738 g/mol. The van der Waals surface area contributed by atoms with E-state index in [0.29, 0.717) is 45.5 Å². The van der Waals surface area contributed by atoms with Crippen molar-refractivity contribution in [3.8, 4) is 56.7 Å². The van der Waals surface area contributed by atoms with Crippen LogP contribution >= 0.6 is 0 Å². The summed E-state index contributed by atoms with van der Waals surface area (Å²) < 4.78 is 83.4. The van der Waals surface area contributed by atoms with Crippen molar-refractivity contribution in [1.29, 1.82) is 0 Å². The molecule has 0 aliphatic rings. The molecule has 0 spiro atoms. The Bertz CT molecular complexity index is 2220. The van der Waals surface area contributed by atoms with Crippen molar-refractivity contribution in [3.63, 3.8) is 0 Å². The Morgan fingerprint density at radius 1 is 0.444 bits per heavy atom.